The average molecular weight is 264 g/mol. The van der Waals surface area contributed by atoms with Gasteiger partial charge in [-0.3, -0.25) is 0 Å². The summed E-state index contributed by atoms with van der Waals surface area (Å²) in [6.07, 6.45) is 2.62. The van der Waals surface area contributed by atoms with Gasteiger partial charge in [-0.2, -0.15) is 11.8 Å². The summed E-state index contributed by atoms with van der Waals surface area (Å²) in [4.78, 5) is 3.29. The smallest absolute Gasteiger partial charge is 0.178 e. The Morgan fingerprint density at radius 2 is 2.29 bits per heavy atom. The van der Waals surface area contributed by atoms with Crippen LogP contribution in [0.25, 0.3) is 11.0 Å². The van der Waals surface area contributed by atoms with E-state index in [1.165, 1.54) is 24.1 Å². The third-order valence-electron chi connectivity index (χ3n) is 3.47. The van der Waals surface area contributed by atoms with Gasteiger partial charge in [-0.1, -0.05) is 12.1 Å². The van der Waals surface area contributed by atoms with Gasteiger partial charge in [0.25, 0.3) is 0 Å². The van der Waals surface area contributed by atoms with E-state index in [4.69, 9.17) is 12.2 Å². The SMILES string of the molecule is CC1(Cn2c(=S)[nH]c3ccccc32)CCCS1. The summed E-state index contributed by atoms with van der Waals surface area (Å²) in [5.41, 5.74) is 2.37. The van der Waals surface area contributed by atoms with Crippen molar-refractivity contribution < 1.29 is 0 Å². The van der Waals surface area contributed by atoms with E-state index in [9.17, 15) is 0 Å². The quantitative estimate of drug-likeness (QED) is 0.828. The van der Waals surface area contributed by atoms with Gasteiger partial charge < -0.3 is 9.55 Å². The number of para-hydroxylation sites is 2. The van der Waals surface area contributed by atoms with Crippen molar-refractivity contribution >= 4 is 35.0 Å². The number of nitrogens with one attached hydrogen (secondary N) is 1. The highest BCUT2D eigenvalue weighted by atomic mass is 32.2. The van der Waals surface area contributed by atoms with E-state index in [-0.39, 0.29) is 0 Å². The molecule has 1 N–H and O–H groups in total. The van der Waals surface area contributed by atoms with E-state index in [2.05, 4.69) is 46.4 Å². The number of aromatic nitrogens is 2. The molecule has 1 fully saturated rings. The fraction of sp³-hybridized carbons (Fsp3) is 0.462. The van der Waals surface area contributed by atoms with Crippen LogP contribution in [0.2, 0.25) is 0 Å². The standard InChI is InChI=1S/C13H16N2S2/c1-13(7-4-8-17-13)9-15-11-6-3-2-5-10(11)14-12(15)16/h2-3,5-6H,4,7-9H2,1H3,(H,14,16). The average Bonchev–Trinajstić information content (AvgIpc) is 2.86. The summed E-state index contributed by atoms with van der Waals surface area (Å²) in [5.74, 6) is 1.28. The summed E-state index contributed by atoms with van der Waals surface area (Å²) in [5, 5.41) is 0. The van der Waals surface area contributed by atoms with Gasteiger partial charge in [0.15, 0.2) is 4.77 Å². The maximum absolute atomic E-state index is 5.44. The summed E-state index contributed by atoms with van der Waals surface area (Å²) in [7, 11) is 0. The van der Waals surface area contributed by atoms with E-state index in [0.717, 1.165) is 16.8 Å². The Bertz CT molecular complexity index is 591. The Labute approximate surface area is 110 Å². The summed E-state index contributed by atoms with van der Waals surface area (Å²) in [6, 6.07) is 8.35. The molecule has 1 saturated heterocycles. The summed E-state index contributed by atoms with van der Waals surface area (Å²) in [6.45, 7) is 3.37. The van der Waals surface area contributed by atoms with Gasteiger partial charge in [0.05, 0.1) is 11.0 Å². The molecule has 0 amide bonds. The number of imidazole rings is 1. The minimum atomic E-state index is 0.350. The maximum Gasteiger partial charge on any atom is 0.178 e. The summed E-state index contributed by atoms with van der Waals surface area (Å²) >= 11 is 7.51. The Morgan fingerprint density at radius 1 is 1.47 bits per heavy atom. The van der Waals surface area contributed by atoms with Crippen molar-refractivity contribution in [2.24, 2.45) is 0 Å². The molecule has 1 aliphatic rings. The number of rotatable bonds is 2. The first-order valence-electron chi connectivity index (χ1n) is 5.99. The fourth-order valence-corrected chi connectivity index (χ4v) is 4.12. The van der Waals surface area contributed by atoms with Crippen LogP contribution in [0.1, 0.15) is 19.8 Å². The van der Waals surface area contributed by atoms with E-state index >= 15 is 0 Å². The Hall–Kier alpha value is -0.740. The molecule has 1 aromatic heterocycles. The van der Waals surface area contributed by atoms with Gasteiger partial charge in [0, 0.05) is 11.3 Å². The third-order valence-corrected chi connectivity index (χ3v) is 5.32. The number of thioether (sulfide) groups is 1. The zero-order chi connectivity index (χ0) is 11.9. The molecule has 17 heavy (non-hydrogen) atoms. The fourth-order valence-electron chi connectivity index (χ4n) is 2.56. The van der Waals surface area contributed by atoms with Crippen LogP contribution in [0.4, 0.5) is 0 Å². The first kappa shape index (κ1) is 11.4. The van der Waals surface area contributed by atoms with Crippen LogP contribution in [0.15, 0.2) is 24.3 Å². The first-order valence-corrected chi connectivity index (χ1v) is 7.39. The van der Waals surface area contributed by atoms with Crippen LogP contribution >= 0.6 is 24.0 Å². The van der Waals surface area contributed by atoms with Crippen molar-refractivity contribution in [2.45, 2.75) is 31.1 Å². The number of benzene rings is 1. The molecule has 0 aliphatic carbocycles. The van der Waals surface area contributed by atoms with Crippen LogP contribution < -0.4 is 0 Å². The van der Waals surface area contributed by atoms with E-state index in [1.807, 2.05) is 6.07 Å². The minimum Gasteiger partial charge on any atom is -0.331 e. The second-order valence-electron chi connectivity index (χ2n) is 4.94. The maximum atomic E-state index is 5.44. The third kappa shape index (κ3) is 2.04. The van der Waals surface area contributed by atoms with Crippen molar-refractivity contribution in [1.29, 1.82) is 0 Å². The second-order valence-corrected chi connectivity index (χ2v) is 7.00. The molecule has 3 rings (SSSR count). The van der Waals surface area contributed by atoms with Gasteiger partial charge in [-0.15, -0.1) is 0 Å². The topological polar surface area (TPSA) is 20.7 Å². The van der Waals surface area contributed by atoms with Gasteiger partial charge in [-0.25, -0.2) is 0 Å². The number of hydrogen-bond acceptors (Lipinski definition) is 2. The van der Waals surface area contributed by atoms with Crippen molar-refractivity contribution in [1.82, 2.24) is 9.55 Å². The predicted octanol–water partition coefficient (Wildman–Crippen LogP) is 3.98. The molecule has 0 bridgehead atoms. The van der Waals surface area contributed by atoms with Gasteiger partial charge in [0.1, 0.15) is 0 Å². The van der Waals surface area contributed by atoms with Gasteiger partial charge in [-0.05, 0) is 49.9 Å². The Kier molecular flexibility index (Phi) is 2.79. The number of H-pyrrole nitrogens is 1. The van der Waals surface area contributed by atoms with Crippen molar-refractivity contribution in [2.75, 3.05) is 5.75 Å². The first-order chi connectivity index (χ1) is 8.18. The van der Waals surface area contributed by atoms with Crippen LogP contribution in [0, 0.1) is 4.77 Å². The van der Waals surface area contributed by atoms with Gasteiger partial charge in [0.2, 0.25) is 0 Å². The van der Waals surface area contributed by atoms with Crippen molar-refractivity contribution in [3.05, 3.63) is 29.0 Å². The molecular formula is C13H16N2S2. The monoisotopic (exact) mass is 264 g/mol. The van der Waals surface area contributed by atoms with Crippen LogP contribution in [0.5, 0.6) is 0 Å². The number of aromatic amines is 1. The molecule has 90 valence electrons. The normalized spacial score (nSPS) is 24.5. The lowest BCUT2D eigenvalue weighted by atomic mass is 10.1. The lowest BCUT2D eigenvalue weighted by molar-refractivity contribution is 0.515. The number of hydrogen-bond donors (Lipinski definition) is 1. The molecule has 0 spiro atoms. The molecule has 1 unspecified atom stereocenters. The molecule has 2 heterocycles. The molecular weight excluding hydrogens is 248 g/mol. The predicted molar refractivity (Wildman–Crippen MR) is 77.2 cm³/mol. The molecule has 1 aliphatic heterocycles. The molecule has 0 saturated carbocycles. The van der Waals surface area contributed by atoms with Crippen molar-refractivity contribution in [3.63, 3.8) is 0 Å². The van der Waals surface area contributed by atoms with E-state index in [1.54, 1.807) is 0 Å². The molecule has 1 aromatic carbocycles. The zero-order valence-electron chi connectivity index (χ0n) is 9.90. The second kappa shape index (κ2) is 4.18. The molecule has 4 heteroatoms. The molecule has 2 aromatic rings. The Balaban J connectivity index is 2.05. The van der Waals surface area contributed by atoms with Crippen LogP contribution in [0.3, 0.4) is 0 Å². The highest BCUT2D eigenvalue weighted by molar-refractivity contribution is 8.00. The molecule has 2 nitrogen and oxygen atoms in total. The highest BCUT2D eigenvalue weighted by Gasteiger charge is 2.30. The lowest BCUT2D eigenvalue weighted by Crippen LogP contribution is -2.23. The van der Waals surface area contributed by atoms with E-state index < -0.39 is 0 Å². The van der Waals surface area contributed by atoms with Gasteiger partial charge >= 0.3 is 0 Å². The van der Waals surface area contributed by atoms with Crippen LogP contribution in [-0.4, -0.2) is 20.1 Å². The lowest BCUT2D eigenvalue weighted by Gasteiger charge is -2.23. The van der Waals surface area contributed by atoms with Crippen molar-refractivity contribution in [3.8, 4) is 0 Å². The molecule has 1 atom stereocenters. The number of nitrogens with zero attached hydrogens (tertiary/aromatic N) is 1. The number of fused-ring (bicyclic) bond motifs is 1. The van der Waals surface area contributed by atoms with E-state index in [0.29, 0.717) is 4.75 Å². The minimum absolute atomic E-state index is 0.350. The summed E-state index contributed by atoms with van der Waals surface area (Å²) < 4.78 is 3.45. The Morgan fingerprint density at radius 3 is 3.06 bits per heavy atom. The zero-order valence-corrected chi connectivity index (χ0v) is 11.5. The van der Waals surface area contributed by atoms with Crippen LogP contribution in [-0.2, 0) is 6.54 Å². The largest absolute Gasteiger partial charge is 0.331 e. The highest BCUT2D eigenvalue weighted by Crippen LogP contribution is 2.39. The molecule has 0 radical (unpaired) electrons.